The van der Waals surface area contributed by atoms with Crippen LogP contribution < -0.4 is 21.6 Å². The first-order valence-electron chi connectivity index (χ1n) is 12.0. The molecule has 35 heavy (non-hydrogen) atoms. The Kier molecular flexibility index (Phi) is 7.26. The Morgan fingerprint density at radius 2 is 1.57 bits per heavy atom. The lowest BCUT2D eigenvalue weighted by Crippen LogP contribution is -2.67. The van der Waals surface area contributed by atoms with E-state index in [1.807, 2.05) is 43.3 Å². The van der Waals surface area contributed by atoms with Gasteiger partial charge >= 0.3 is 5.69 Å². The van der Waals surface area contributed by atoms with Crippen molar-refractivity contribution in [2.24, 2.45) is 5.92 Å². The molecule has 1 aromatic heterocycles. The Labute approximate surface area is 205 Å². The van der Waals surface area contributed by atoms with Crippen LogP contribution in [0.25, 0.3) is 0 Å². The molecule has 1 aliphatic heterocycles. The molecule has 3 aromatic rings. The first kappa shape index (κ1) is 25.3. The summed E-state index contributed by atoms with van der Waals surface area (Å²) in [4.78, 5) is 26.0. The molecule has 2 aromatic carbocycles. The van der Waals surface area contributed by atoms with Gasteiger partial charge in [-0.05, 0) is 21.8 Å². The highest BCUT2D eigenvalue weighted by Gasteiger charge is 2.52. The zero-order valence-corrected chi connectivity index (χ0v) is 21.6. The van der Waals surface area contributed by atoms with Crippen molar-refractivity contribution in [3.8, 4) is 0 Å². The van der Waals surface area contributed by atoms with Gasteiger partial charge in [0.2, 0.25) is 0 Å². The summed E-state index contributed by atoms with van der Waals surface area (Å²) in [6.45, 7) is 8.67. The number of aromatic nitrogens is 2. The van der Waals surface area contributed by atoms with Crippen LogP contribution in [0, 0.1) is 5.92 Å². The van der Waals surface area contributed by atoms with Gasteiger partial charge in [0.15, 0.2) is 12.4 Å². The van der Waals surface area contributed by atoms with E-state index in [4.69, 9.17) is 9.16 Å². The van der Waals surface area contributed by atoms with Crippen LogP contribution in [0.4, 0.5) is 4.39 Å². The molecule has 1 N–H and O–H groups in total. The van der Waals surface area contributed by atoms with E-state index in [0.717, 1.165) is 14.9 Å². The van der Waals surface area contributed by atoms with Crippen LogP contribution in [0.3, 0.4) is 0 Å². The SMILES string of the molecule is CC[C@H]1[C@@H](F)[C@H](n2ccc(=O)[nH]c2=O)O[C@@H]1CO[Si](c1ccccc1)(c1ccccc1)C(C)(C)C. The van der Waals surface area contributed by atoms with E-state index in [-0.39, 0.29) is 11.6 Å². The molecule has 0 bridgehead atoms. The molecule has 0 aliphatic carbocycles. The lowest BCUT2D eigenvalue weighted by atomic mass is 9.96. The number of halogens is 1. The first-order chi connectivity index (χ1) is 16.7. The molecule has 4 atom stereocenters. The average Bonchev–Trinajstić information content (AvgIpc) is 3.15. The molecule has 2 heterocycles. The fourth-order valence-electron chi connectivity index (χ4n) is 5.24. The second-order valence-corrected chi connectivity index (χ2v) is 14.4. The minimum Gasteiger partial charge on any atom is -0.405 e. The maximum absolute atomic E-state index is 15.5. The summed E-state index contributed by atoms with van der Waals surface area (Å²) in [6.07, 6.45) is -1.24. The van der Waals surface area contributed by atoms with E-state index in [1.165, 1.54) is 12.3 Å². The van der Waals surface area contributed by atoms with Crippen LogP contribution in [-0.4, -0.2) is 36.8 Å². The predicted octanol–water partition coefficient (Wildman–Crippen LogP) is 3.37. The lowest BCUT2D eigenvalue weighted by Gasteiger charge is -2.43. The first-order valence-corrected chi connectivity index (χ1v) is 14.0. The van der Waals surface area contributed by atoms with E-state index in [1.54, 1.807) is 0 Å². The van der Waals surface area contributed by atoms with Crippen molar-refractivity contribution in [1.29, 1.82) is 0 Å². The highest BCUT2D eigenvalue weighted by atomic mass is 28.4. The molecule has 1 fully saturated rings. The second-order valence-electron chi connectivity index (χ2n) is 10.1. The molecular formula is C27H33FN2O4Si. The zero-order valence-electron chi connectivity index (χ0n) is 20.6. The standard InChI is InChI=1S/C27H33FN2O4Si/c1-5-21-22(34-25(24(21)28)30-17-16-23(31)29-26(30)32)18-33-35(27(2,3)4,19-12-8-6-9-13-19)20-14-10-7-11-15-20/h6-17,21-22,24-25H,5,18H2,1-4H3,(H,29,31,32)/t21-,22-,24-,25-/m1/s1. The van der Waals surface area contributed by atoms with Gasteiger partial charge in [-0.25, -0.2) is 9.18 Å². The topological polar surface area (TPSA) is 73.3 Å². The Balaban J connectivity index is 1.71. The quantitative estimate of drug-likeness (QED) is 0.509. The van der Waals surface area contributed by atoms with Crippen molar-refractivity contribution in [1.82, 2.24) is 9.55 Å². The van der Waals surface area contributed by atoms with Gasteiger partial charge in [0.05, 0.1) is 12.7 Å². The number of H-pyrrole nitrogens is 1. The van der Waals surface area contributed by atoms with Crippen LogP contribution in [0.1, 0.15) is 40.3 Å². The van der Waals surface area contributed by atoms with E-state index in [0.29, 0.717) is 6.42 Å². The van der Waals surface area contributed by atoms with Crippen molar-refractivity contribution in [2.75, 3.05) is 6.61 Å². The van der Waals surface area contributed by atoms with E-state index in [2.05, 4.69) is 50.0 Å². The van der Waals surface area contributed by atoms with Crippen LogP contribution in [0.15, 0.2) is 82.5 Å². The number of hydrogen-bond acceptors (Lipinski definition) is 4. The molecule has 0 spiro atoms. The summed E-state index contributed by atoms with van der Waals surface area (Å²) >= 11 is 0. The highest BCUT2D eigenvalue weighted by molar-refractivity contribution is 6.99. The predicted molar refractivity (Wildman–Crippen MR) is 137 cm³/mol. The van der Waals surface area contributed by atoms with E-state index >= 15 is 4.39 Å². The summed E-state index contributed by atoms with van der Waals surface area (Å²) in [5.74, 6) is -0.447. The van der Waals surface area contributed by atoms with Gasteiger partial charge in [-0.3, -0.25) is 14.3 Å². The van der Waals surface area contributed by atoms with Crippen LogP contribution >= 0.6 is 0 Å². The van der Waals surface area contributed by atoms with Crippen molar-refractivity contribution in [3.63, 3.8) is 0 Å². The summed E-state index contributed by atoms with van der Waals surface area (Å²) in [5, 5.41) is 2.05. The van der Waals surface area contributed by atoms with Crippen LogP contribution in [-0.2, 0) is 9.16 Å². The fraction of sp³-hybridized carbons (Fsp3) is 0.407. The largest absolute Gasteiger partial charge is 0.405 e. The summed E-state index contributed by atoms with van der Waals surface area (Å²) in [6, 6.07) is 21.7. The van der Waals surface area contributed by atoms with Gasteiger partial charge < -0.3 is 9.16 Å². The average molecular weight is 497 g/mol. The Hall–Kier alpha value is -2.81. The maximum Gasteiger partial charge on any atom is 0.330 e. The van der Waals surface area contributed by atoms with Crippen molar-refractivity contribution < 1.29 is 13.6 Å². The number of nitrogens with one attached hydrogen (secondary N) is 1. The molecule has 1 aliphatic rings. The Morgan fingerprint density at radius 3 is 2.06 bits per heavy atom. The van der Waals surface area contributed by atoms with Crippen molar-refractivity contribution >= 4 is 18.7 Å². The van der Waals surface area contributed by atoms with Gasteiger partial charge in [-0.15, -0.1) is 0 Å². The normalized spacial score (nSPS) is 22.9. The number of alkyl halides is 1. The Morgan fingerprint density at radius 1 is 1.00 bits per heavy atom. The number of ether oxygens (including phenoxy) is 1. The molecule has 0 unspecified atom stereocenters. The number of nitrogens with zero attached hydrogens (tertiary/aromatic N) is 1. The van der Waals surface area contributed by atoms with Crippen LogP contribution in [0.2, 0.25) is 5.04 Å². The molecule has 4 rings (SSSR count). The number of benzene rings is 2. The highest BCUT2D eigenvalue weighted by Crippen LogP contribution is 2.40. The molecule has 0 radical (unpaired) electrons. The molecule has 186 valence electrons. The lowest BCUT2D eigenvalue weighted by molar-refractivity contribution is -0.0399. The molecule has 0 saturated carbocycles. The summed E-state index contributed by atoms with van der Waals surface area (Å²) in [7, 11) is -2.82. The smallest absolute Gasteiger partial charge is 0.330 e. The van der Waals surface area contributed by atoms with Gasteiger partial charge in [-0.1, -0.05) is 88.4 Å². The minimum absolute atomic E-state index is 0.195. The number of aromatic amines is 1. The number of hydrogen-bond donors (Lipinski definition) is 1. The van der Waals surface area contributed by atoms with Gasteiger partial charge in [0, 0.05) is 18.2 Å². The minimum atomic E-state index is -2.82. The molecule has 6 nitrogen and oxygen atoms in total. The third kappa shape index (κ3) is 4.70. The molecule has 0 amide bonds. The van der Waals surface area contributed by atoms with Crippen molar-refractivity contribution in [2.45, 2.75) is 57.7 Å². The maximum atomic E-state index is 15.5. The third-order valence-electron chi connectivity index (χ3n) is 6.95. The molecular weight excluding hydrogens is 463 g/mol. The van der Waals surface area contributed by atoms with Crippen LogP contribution in [0.5, 0.6) is 0 Å². The molecule has 1 saturated heterocycles. The number of rotatable bonds is 7. The third-order valence-corrected chi connectivity index (χ3v) is 12.0. The van der Waals surface area contributed by atoms with Gasteiger partial charge in [-0.2, -0.15) is 0 Å². The van der Waals surface area contributed by atoms with E-state index < -0.39 is 44.0 Å². The van der Waals surface area contributed by atoms with Gasteiger partial charge in [0.25, 0.3) is 13.9 Å². The summed E-state index contributed by atoms with van der Waals surface area (Å²) < 4.78 is 29.8. The molecule has 8 heteroatoms. The Bertz CT molecular complexity index is 1200. The fourth-order valence-corrected chi connectivity index (χ4v) is 9.81. The van der Waals surface area contributed by atoms with E-state index in [9.17, 15) is 9.59 Å². The van der Waals surface area contributed by atoms with Crippen molar-refractivity contribution in [3.05, 3.63) is 93.8 Å². The summed E-state index contributed by atoms with van der Waals surface area (Å²) in [5.41, 5.74) is -1.22. The second kappa shape index (κ2) is 10.0. The van der Waals surface area contributed by atoms with Gasteiger partial charge in [0.1, 0.15) is 0 Å². The zero-order chi connectivity index (χ0) is 25.2. The monoisotopic (exact) mass is 496 g/mol.